The summed E-state index contributed by atoms with van der Waals surface area (Å²) in [5.41, 5.74) is 2.98. The monoisotopic (exact) mass is 325 g/mol. The Balaban J connectivity index is 1.41. The lowest BCUT2D eigenvalue weighted by Gasteiger charge is -2.28. The topological polar surface area (TPSA) is 67.5 Å². The molecule has 0 saturated heterocycles. The summed E-state index contributed by atoms with van der Waals surface area (Å²) in [6.45, 7) is 2.63. The molecule has 5 rings (SSSR count). The van der Waals surface area contributed by atoms with Crippen LogP contribution in [0.2, 0.25) is 0 Å². The average molecular weight is 325 g/mol. The molecular weight excluding hydrogens is 306 g/mol. The number of hydrogen-bond donors (Lipinski definition) is 1. The third-order valence-corrected chi connectivity index (χ3v) is 5.01. The fourth-order valence-corrected chi connectivity index (χ4v) is 3.55. The van der Waals surface area contributed by atoms with E-state index in [-0.39, 0.29) is 12.4 Å². The van der Waals surface area contributed by atoms with Crippen LogP contribution in [0.1, 0.15) is 41.4 Å². The van der Waals surface area contributed by atoms with Gasteiger partial charge in [0, 0.05) is 36.7 Å². The van der Waals surface area contributed by atoms with Gasteiger partial charge >= 0.3 is 0 Å². The molecule has 0 bridgehead atoms. The molecule has 0 radical (unpaired) electrons. The number of benzene rings is 1. The molecule has 3 aliphatic rings. The van der Waals surface area contributed by atoms with Gasteiger partial charge in [-0.3, -0.25) is 9.69 Å². The van der Waals surface area contributed by atoms with Crippen LogP contribution in [-0.2, 0) is 19.5 Å². The number of H-pyrrole nitrogens is 1. The average Bonchev–Trinajstić information content (AvgIpc) is 3.32. The first-order valence-corrected chi connectivity index (χ1v) is 8.50. The van der Waals surface area contributed by atoms with Crippen LogP contribution >= 0.6 is 0 Å². The predicted molar refractivity (Wildman–Crippen MR) is 87.2 cm³/mol. The van der Waals surface area contributed by atoms with Crippen LogP contribution < -0.4 is 15.0 Å². The van der Waals surface area contributed by atoms with E-state index in [0.29, 0.717) is 12.5 Å². The van der Waals surface area contributed by atoms with Crippen LogP contribution in [0.3, 0.4) is 0 Å². The van der Waals surface area contributed by atoms with Crippen LogP contribution in [-0.4, -0.2) is 28.2 Å². The molecule has 1 fully saturated rings. The molecule has 6 nitrogen and oxygen atoms in total. The molecule has 124 valence electrons. The van der Waals surface area contributed by atoms with Crippen molar-refractivity contribution in [3.8, 4) is 11.5 Å². The van der Waals surface area contributed by atoms with Crippen molar-refractivity contribution in [2.75, 3.05) is 13.3 Å². The number of rotatable bonds is 3. The molecule has 3 heterocycles. The van der Waals surface area contributed by atoms with Crippen LogP contribution in [0.25, 0.3) is 0 Å². The zero-order chi connectivity index (χ0) is 16.1. The van der Waals surface area contributed by atoms with Crippen LogP contribution in [0, 0.1) is 0 Å². The van der Waals surface area contributed by atoms with Gasteiger partial charge in [-0.15, -0.1) is 0 Å². The molecule has 1 saturated carbocycles. The van der Waals surface area contributed by atoms with E-state index in [0.717, 1.165) is 66.5 Å². The SMILES string of the molecule is O=c1[nH]c(C2CC2)nc2c1CCN(Cc1cccc3c1OCO3)C2. The first kappa shape index (κ1) is 14.0. The smallest absolute Gasteiger partial charge is 0.254 e. The minimum atomic E-state index is 0.0545. The summed E-state index contributed by atoms with van der Waals surface area (Å²) in [7, 11) is 0. The maximum absolute atomic E-state index is 12.3. The number of nitrogens with zero attached hydrogens (tertiary/aromatic N) is 2. The first-order chi connectivity index (χ1) is 11.8. The van der Waals surface area contributed by atoms with Crippen molar-refractivity contribution in [3.63, 3.8) is 0 Å². The summed E-state index contributed by atoms with van der Waals surface area (Å²) in [5, 5.41) is 0. The van der Waals surface area contributed by atoms with Gasteiger partial charge < -0.3 is 14.5 Å². The molecule has 1 aromatic heterocycles. The van der Waals surface area contributed by atoms with Gasteiger partial charge in [0.15, 0.2) is 11.5 Å². The Morgan fingerprint density at radius 1 is 1.29 bits per heavy atom. The lowest BCUT2D eigenvalue weighted by atomic mass is 10.0. The molecule has 2 aliphatic heterocycles. The fraction of sp³-hybridized carbons (Fsp3) is 0.444. The standard InChI is InChI=1S/C18H19N3O3/c22-18-13-6-7-21(9-14(13)19-17(20-18)11-4-5-11)8-12-2-1-3-15-16(12)24-10-23-15/h1-3,11H,4-10H2,(H,19,20,22). The molecule has 6 heteroatoms. The maximum atomic E-state index is 12.3. The highest BCUT2D eigenvalue weighted by atomic mass is 16.7. The van der Waals surface area contributed by atoms with Crippen molar-refractivity contribution in [1.29, 1.82) is 0 Å². The van der Waals surface area contributed by atoms with E-state index < -0.39 is 0 Å². The zero-order valence-corrected chi connectivity index (χ0v) is 13.4. The number of hydrogen-bond acceptors (Lipinski definition) is 5. The van der Waals surface area contributed by atoms with Crippen LogP contribution in [0.4, 0.5) is 0 Å². The third-order valence-electron chi connectivity index (χ3n) is 5.01. The van der Waals surface area contributed by atoms with Gasteiger partial charge in [-0.05, 0) is 25.3 Å². The Labute approximate surface area is 139 Å². The van der Waals surface area contributed by atoms with E-state index in [1.54, 1.807) is 0 Å². The van der Waals surface area contributed by atoms with Crippen LogP contribution in [0.15, 0.2) is 23.0 Å². The molecule has 0 atom stereocenters. The highest BCUT2D eigenvalue weighted by Gasteiger charge is 2.29. The summed E-state index contributed by atoms with van der Waals surface area (Å²) in [5.74, 6) is 3.00. The van der Waals surface area contributed by atoms with Gasteiger partial charge in [-0.1, -0.05) is 12.1 Å². The second kappa shape index (κ2) is 5.34. The maximum Gasteiger partial charge on any atom is 0.254 e. The van der Waals surface area contributed by atoms with E-state index in [1.165, 1.54) is 0 Å². The fourth-order valence-electron chi connectivity index (χ4n) is 3.55. The normalized spacial score (nSPS) is 19.3. The number of fused-ring (bicyclic) bond motifs is 2. The van der Waals surface area contributed by atoms with Gasteiger partial charge in [0.2, 0.25) is 6.79 Å². The van der Waals surface area contributed by atoms with Crippen molar-refractivity contribution < 1.29 is 9.47 Å². The molecule has 0 unspecified atom stereocenters. The lowest BCUT2D eigenvalue weighted by Crippen LogP contribution is -2.35. The Morgan fingerprint density at radius 3 is 3.08 bits per heavy atom. The zero-order valence-electron chi connectivity index (χ0n) is 13.4. The van der Waals surface area contributed by atoms with E-state index in [9.17, 15) is 4.79 Å². The third kappa shape index (κ3) is 2.38. The van der Waals surface area contributed by atoms with Crippen molar-refractivity contribution in [1.82, 2.24) is 14.9 Å². The first-order valence-electron chi connectivity index (χ1n) is 8.50. The Morgan fingerprint density at radius 2 is 2.21 bits per heavy atom. The minimum absolute atomic E-state index is 0.0545. The number of aromatic nitrogens is 2. The predicted octanol–water partition coefficient (Wildman–Crippen LogP) is 1.93. The summed E-state index contributed by atoms with van der Waals surface area (Å²) in [6, 6.07) is 6.00. The summed E-state index contributed by atoms with van der Waals surface area (Å²) in [6.07, 6.45) is 3.02. The Hall–Kier alpha value is -2.34. The van der Waals surface area contributed by atoms with Gasteiger partial charge in [0.05, 0.1) is 5.69 Å². The number of nitrogens with one attached hydrogen (secondary N) is 1. The quantitative estimate of drug-likeness (QED) is 0.934. The largest absolute Gasteiger partial charge is 0.454 e. The lowest BCUT2D eigenvalue weighted by molar-refractivity contribution is 0.171. The van der Waals surface area contributed by atoms with E-state index in [1.807, 2.05) is 12.1 Å². The number of ether oxygens (including phenoxy) is 2. The van der Waals surface area contributed by atoms with Crippen molar-refractivity contribution in [3.05, 3.63) is 51.2 Å². The summed E-state index contributed by atoms with van der Waals surface area (Å²) in [4.78, 5) is 22.3. The molecule has 2 aromatic rings. The second-order valence-electron chi connectivity index (χ2n) is 6.76. The van der Waals surface area contributed by atoms with Crippen molar-refractivity contribution in [2.24, 2.45) is 0 Å². The molecule has 24 heavy (non-hydrogen) atoms. The molecule has 0 amide bonds. The minimum Gasteiger partial charge on any atom is -0.454 e. The van der Waals surface area contributed by atoms with Crippen molar-refractivity contribution >= 4 is 0 Å². The molecule has 1 aliphatic carbocycles. The Kier molecular flexibility index (Phi) is 3.13. The van der Waals surface area contributed by atoms with Gasteiger partial charge in [0.1, 0.15) is 5.82 Å². The highest BCUT2D eigenvalue weighted by Crippen LogP contribution is 2.38. The number of para-hydroxylation sites is 1. The van der Waals surface area contributed by atoms with Crippen LogP contribution in [0.5, 0.6) is 11.5 Å². The van der Waals surface area contributed by atoms with Gasteiger partial charge in [0.25, 0.3) is 5.56 Å². The Bertz CT molecular complexity index is 857. The highest BCUT2D eigenvalue weighted by molar-refractivity contribution is 5.48. The van der Waals surface area contributed by atoms with E-state index in [2.05, 4.69) is 16.0 Å². The molecular formula is C18H19N3O3. The van der Waals surface area contributed by atoms with E-state index >= 15 is 0 Å². The van der Waals surface area contributed by atoms with Gasteiger partial charge in [-0.25, -0.2) is 4.98 Å². The molecule has 0 spiro atoms. The summed E-state index contributed by atoms with van der Waals surface area (Å²) < 4.78 is 11.0. The molecule has 1 aromatic carbocycles. The molecule has 1 N–H and O–H groups in total. The van der Waals surface area contributed by atoms with E-state index in [4.69, 9.17) is 14.5 Å². The number of aromatic amines is 1. The van der Waals surface area contributed by atoms with Crippen molar-refractivity contribution in [2.45, 2.75) is 38.3 Å². The van der Waals surface area contributed by atoms with Gasteiger partial charge in [-0.2, -0.15) is 0 Å². The summed E-state index contributed by atoms with van der Waals surface area (Å²) >= 11 is 0. The second-order valence-corrected chi connectivity index (χ2v) is 6.76.